The van der Waals surface area contributed by atoms with Gasteiger partial charge in [-0.1, -0.05) is 36.0 Å². The van der Waals surface area contributed by atoms with Crippen molar-refractivity contribution >= 4 is 52.2 Å². The monoisotopic (exact) mass is 472 g/mol. The predicted molar refractivity (Wildman–Crippen MR) is 124 cm³/mol. The van der Waals surface area contributed by atoms with E-state index < -0.39 is 23.9 Å². The van der Waals surface area contributed by atoms with Crippen molar-refractivity contribution < 1.29 is 29.0 Å². The van der Waals surface area contributed by atoms with Gasteiger partial charge in [-0.3, -0.25) is 15.0 Å². The van der Waals surface area contributed by atoms with Crippen LogP contribution in [0, 0.1) is 0 Å². The highest BCUT2D eigenvalue weighted by Crippen LogP contribution is 2.34. The molecule has 1 aliphatic rings. The fourth-order valence-corrected chi connectivity index (χ4v) is 3.87. The van der Waals surface area contributed by atoms with Crippen LogP contribution in [0.3, 0.4) is 0 Å². The van der Waals surface area contributed by atoms with Crippen LogP contribution >= 0.6 is 24.0 Å². The number of nitrogens with one attached hydrogen (secondary N) is 1. The summed E-state index contributed by atoms with van der Waals surface area (Å²) in [6.07, 6.45) is 0.561. The van der Waals surface area contributed by atoms with Gasteiger partial charge in [-0.05, 0) is 62.0 Å². The van der Waals surface area contributed by atoms with Crippen molar-refractivity contribution in [3.8, 4) is 11.5 Å². The lowest BCUT2D eigenvalue weighted by Crippen LogP contribution is -2.44. The van der Waals surface area contributed by atoms with Crippen molar-refractivity contribution in [2.24, 2.45) is 0 Å². The maximum atomic E-state index is 12.8. The molecule has 2 amide bonds. The second kappa shape index (κ2) is 10.3. The van der Waals surface area contributed by atoms with Crippen LogP contribution in [0.4, 0.5) is 0 Å². The van der Waals surface area contributed by atoms with Gasteiger partial charge < -0.3 is 14.6 Å². The first-order chi connectivity index (χ1) is 15.3. The Hall–Kier alpha value is -3.37. The summed E-state index contributed by atoms with van der Waals surface area (Å²) in [6, 6.07) is 13.4. The Morgan fingerprint density at radius 1 is 1.22 bits per heavy atom. The molecule has 0 aromatic heterocycles. The van der Waals surface area contributed by atoms with E-state index in [1.165, 1.54) is 6.92 Å². The molecule has 0 aliphatic carbocycles. The molecule has 1 unspecified atom stereocenters. The lowest BCUT2D eigenvalue weighted by atomic mass is 10.2. The molecule has 3 rings (SSSR count). The Morgan fingerprint density at radius 3 is 2.59 bits per heavy atom. The molecule has 1 fully saturated rings. The molecule has 10 heteroatoms. The maximum Gasteiger partial charge on any atom is 0.344 e. The van der Waals surface area contributed by atoms with Gasteiger partial charge in [0.15, 0.2) is 21.9 Å². The van der Waals surface area contributed by atoms with E-state index in [4.69, 9.17) is 26.8 Å². The molecule has 8 nitrogen and oxygen atoms in total. The van der Waals surface area contributed by atoms with Crippen LogP contribution in [-0.4, -0.2) is 44.9 Å². The van der Waals surface area contributed by atoms with Crippen LogP contribution < -0.4 is 14.9 Å². The average molecular weight is 473 g/mol. The Kier molecular flexibility index (Phi) is 7.49. The minimum absolute atomic E-state index is 0.200. The quantitative estimate of drug-likeness (QED) is 0.444. The smallest absolute Gasteiger partial charge is 0.344 e. The van der Waals surface area contributed by atoms with Crippen LogP contribution in [0.1, 0.15) is 29.8 Å². The Labute approximate surface area is 194 Å². The number of thiocarbonyl (C=S) groups is 1. The van der Waals surface area contributed by atoms with Gasteiger partial charge in [-0.15, -0.1) is 0 Å². The van der Waals surface area contributed by atoms with E-state index in [1.54, 1.807) is 61.5 Å². The number of benzene rings is 2. The van der Waals surface area contributed by atoms with Gasteiger partial charge in [0.25, 0.3) is 11.8 Å². The minimum atomic E-state index is -1.10. The zero-order valence-electron chi connectivity index (χ0n) is 17.2. The standard InChI is InChI=1S/C22H20N2O6S2/c1-3-29-17-11-14(9-10-16(17)30-13(2)21(27)28)12-18-20(26)24(22(31)32-18)23-19(25)15-7-5-4-6-8-15/h4-13H,3H2,1-2H3,(H,23,25)(H,27,28)/b18-12+. The number of carbonyl (C=O) groups excluding carboxylic acids is 2. The number of hydrogen-bond acceptors (Lipinski definition) is 7. The number of aliphatic carboxylic acids is 1. The summed E-state index contributed by atoms with van der Waals surface area (Å²) in [5.41, 5.74) is 3.55. The molecule has 0 saturated carbocycles. The van der Waals surface area contributed by atoms with Crippen LogP contribution in [0.2, 0.25) is 0 Å². The summed E-state index contributed by atoms with van der Waals surface area (Å²) in [4.78, 5) is 36.6. The van der Waals surface area contributed by atoms with E-state index in [9.17, 15) is 14.4 Å². The Balaban J connectivity index is 1.79. The van der Waals surface area contributed by atoms with Gasteiger partial charge >= 0.3 is 5.97 Å². The van der Waals surface area contributed by atoms with Crippen LogP contribution in [0.5, 0.6) is 11.5 Å². The van der Waals surface area contributed by atoms with Crippen LogP contribution in [-0.2, 0) is 9.59 Å². The van der Waals surface area contributed by atoms with E-state index in [0.717, 1.165) is 16.8 Å². The molecule has 1 saturated heterocycles. The van der Waals surface area contributed by atoms with Gasteiger partial charge in [0.2, 0.25) is 0 Å². The normalized spacial score (nSPS) is 15.6. The molecule has 1 atom stereocenters. The molecular formula is C22H20N2O6S2. The summed E-state index contributed by atoms with van der Waals surface area (Å²) in [7, 11) is 0. The van der Waals surface area contributed by atoms with Crippen molar-refractivity contribution in [2.75, 3.05) is 6.61 Å². The first kappa shape index (κ1) is 23.3. The zero-order valence-corrected chi connectivity index (χ0v) is 18.9. The predicted octanol–water partition coefficient (Wildman–Crippen LogP) is 3.48. The Morgan fingerprint density at radius 2 is 1.94 bits per heavy atom. The van der Waals surface area contributed by atoms with Crippen molar-refractivity contribution in [1.29, 1.82) is 0 Å². The lowest BCUT2D eigenvalue weighted by Gasteiger charge is -2.15. The number of thioether (sulfide) groups is 1. The maximum absolute atomic E-state index is 12.8. The molecule has 1 heterocycles. The third-order valence-electron chi connectivity index (χ3n) is 4.26. The highest BCUT2D eigenvalue weighted by molar-refractivity contribution is 8.26. The number of carboxylic acid groups (broad SMARTS) is 1. The zero-order chi connectivity index (χ0) is 23.3. The number of rotatable bonds is 8. The van der Waals surface area contributed by atoms with Crippen LogP contribution in [0.15, 0.2) is 53.4 Å². The fourth-order valence-electron chi connectivity index (χ4n) is 2.69. The molecular weight excluding hydrogens is 452 g/mol. The summed E-state index contributed by atoms with van der Waals surface area (Å²) in [6.45, 7) is 3.55. The van der Waals surface area contributed by atoms with Gasteiger partial charge in [0.05, 0.1) is 11.5 Å². The minimum Gasteiger partial charge on any atom is -0.490 e. The third-order valence-corrected chi connectivity index (χ3v) is 5.56. The third kappa shape index (κ3) is 5.45. The van der Waals surface area contributed by atoms with Gasteiger partial charge in [0.1, 0.15) is 0 Å². The highest BCUT2D eigenvalue weighted by atomic mass is 32.2. The molecule has 2 aromatic carbocycles. The largest absolute Gasteiger partial charge is 0.490 e. The number of amides is 2. The van der Waals surface area contributed by atoms with E-state index >= 15 is 0 Å². The van der Waals surface area contributed by atoms with Crippen molar-refractivity contribution in [3.05, 3.63) is 64.6 Å². The highest BCUT2D eigenvalue weighted by Gasteiger charge is 2.33. The summed E-state index contributed by atoms with van der Waals surface area (Å²) in [5.74, 6) is -1.38. The van der Waals surface area contributed by atoms with Crippen LogP contribution in [0.25, 0.3) is 6.08 Å². The van der Waals surface area contributed by atoms with Crippen molar-refractivity contribution in [2.45, 2.75) is 20.0 Å². The number of ether oxygens (including phenoxy) is 2. The molecule has 32 heavy (non-hydrogen) atoms. The summed E-state index contributed by atoms with van der Waals surface area (Å²) in [5, 5.41) is 10.1. The summed E-state index contributed by atoms with van der Waals surface area (Å²) < 4.78 is 11.2. The molecule has 0 radical (unpaired) electrons. The average Bonchev–Trinajstić information content (AvgIpc) is 3.03. The molecule has 2 aromatic rings. The van der Waals surface area contributed by atoms with E-state index in [1.807, 2.05) is 0 Å². The van der Waals surface area contributed by atoms with Crippen molar-refractivity contribution in [3.63, 3.8) is 0 Å². The first-order valence-electron chi connectivity index (χ1n) is 9.60. The number of carboxylic acids is 1. The van der Waals surface area contributed by atoms with E-state index in [0.29, 0.717) is 28.4 Å². The second-order valence-corrected chi connectivity index (χ2v) is 8.24. The van der Waals surface area contributed by atoms with E-state index in [2.05, 4.69) is 5.43 Å². The molecule has 0 spiro atoms. The molecule has 0 bridgehead atoms. The fraction of sp³-hybridized carbons (Fsp3) is 0.182. The molecule has 2 N–H and O–H groups in total. The summed E-state index contributed by atoms with van der Waals surface area (Å²) >= 11 is 6.31. The van der Waals surface area contributed by atoms with Gasteiger partial charge in [0, 0.05) is 5.56 Å². The molecule has 1 aliphatic heterocycles. The second-order valence-electron chi connectivity index (χ2n) is 6.56. The van der Waals surface area contributed by atoms with Gasteiger partial charge in [-0.25, -0.2) is 4.79 Å². The topological polar surface area (TPSA) is 105 Å². The van der Waals surface area contributed by atoms with Crippen molar-refractivity contribution in [1.82, 2.24) is 10.4 Å². The number of hydrogen-bond donors (Lipinski definition) is 2. The SMILES string of the molecule is CCOc1cc(/C=C2/SC(=S)N(NC(=O)c3ccccc3)C2=O)ccc1OC(C)C(=O)O. The Bertz CT molecular complexity index is 1090. The number of nitrogens with zero attached hydrogens (tertiary/aromatic N) is 1. The number of hydrazine groups is 1. The molecule has 166 valence electrons. The lowest BCUT2D eigenvalue weighted by molar-refractivity contribution is -0.144. The first-order valence-corrected chi connectivity index (χ1v) is 10.8. The van der Waals surface area contributed by atoms with Gasteiger partial charge in [-0.2, -0.15) is 5.01 Å². The number of carbonyl (C=O) groups is 3. The van der Waals surface area contributed by atoms with E-state index in [-0.39, 0.29) is 10.1 Å².